The lowest BCUT2D eigenvalue weighted by atomic mass is 10.1. The summed E-state index contributed by atoms with van der Waals surface area (Å²) in [6.07, 6.45) is 2.64. The largest absolute Gasteiger partial charge is 0.489 e. The quantitative estimate of drug-likeness (QED) is 0.235. The zero-order valence-electron chi connectivity index (χ0n) is 18.1. The van der Waals surface area contributed by atoms with Gasteiger partial charge in [0.25, 0.3) is 0 Å². The molecule has 0 atom stereocenters. The normalized spacial score (nSPS) is 11.0. The minimum Gasteiger partial charge on any atom is -0.489 e. The summed E-state index contributed by atoms with van der Waals surface area (Å²) in [7, 11) is 0. The first kappa shape index (κ1) is 24.6. The van der Waals surface area contributed by atoms with Crippen LogP contribution in [-0.4, -0.2) is 33.8 Å². The minimum atomic E-state index is 0. The Bertz CT molecular complexity index is 929. The first-order valence-electron chi connectivity index (χ1n) is 10.4. The minimum absolute atomic E-state index is 0. The van der Waals surface area contributed by atoms with Crippen LogP contribution < -0.4 is 15.4 Å². The SMILES string of the molecule is CCNC(=NCc1ccccc1COc1ccccc1)NCCn1cnnc1CC.I. The van der Waals surface area contributed by atoms with Crippen LogP contribution in [0.4, 0.5) is 0 Å². The molecule has 0 bridgehead atoms. The van der Waals surface area contributed by atoms with Crippen molar-refractivity contribution in [2.45, 2.75) is 40.0 Å². The lowest BCUT2D eigenvalue weighted by molar-refractivity contribution is 0.305. The predicted octanol–water partition coefficient (Wildman–Crippen LogP) is 3.79. The average molecular weight is 534 g/mol. The number of ether oxygens (including phenoxy) is 1. The molecule has 0 saturated carbocycles. The molecule has 2 aromatic carbocycles. The average Bonchev–Trinajstić information content (AvgIpc) is 3.25. The van der Waals surface area contributed by atoms with Crippen molar-refractivity contribution in [1.29, 1.82) is 0 Å². The van der Waals surface area contributed by atoms with E-state index in [-0.39, 0.29) is 24.0 Å². The van der Waals surface area contributed by atoms with Crippen LogP contribution in [0.2, 0.25) is 0 Å². The molecule has 8 heteroatoms. The van der Waals surface area contributed by atoms with Crippen LogP contribution in [0.3, 0.4) is 0 Å². The summed E-state index contributed by atoms with van der Waals surface area (Å²) in [6, 6.07) is 18.1. The van der Waals surface area contributed by atoms with Gasteiger partial charge in [-0.1, -0.05) is 49.4 Å². The van der Waals surface area contributed by atoms with Gasteiger partial charge < -0.3 is 19.9 Å². The van der Waals surface area contributed by atoms with E-state index in [0.717, 1.165) is 54.7 Å². The standard InChI is InChI=1S/C23H30N6O.HI/c1-3-22-28-27-18-29(22)15-14-25-23(24-4-2)26-16-19-10-8-9-11-20(19)17-30-21-12-6-5-7-13-21;/h5-13,18H,3-4,14-17H2,1-2H3,(H2,24,25,26);1H. The molecule has 0 saturated heterocycles. The Morgan fingerprint density at radius 2 is 1.74 bits per heavy atom. The van der Waals surface area contributed by atoms with E-state index in [1.54, 1.807) is 6.33 Å². The van der Waals surface area contributed by atoms with Gasteiger partial charge in [-0.25, -0.2) is 4.99 Å². The van der Waals surface area contributed by atoms with Gasteiger partial charge in [-0.2, -0.15) is 0 Å². The highest BCUT2D eigenvalue weighted by Crippen LogP contribution is 2.15. The van der Waals surface area contributed by atoms with E-state index in [2.05, 4.69) is 51.4 Å². The zero-order valence-corrected chi connectivity index (χ0v) is 20.5. The fraction of sp³-hybridized carbons (Fsp3) is 0.348. The molecule has 0 aliphatic heterocycles. The molecule has 0 aliphatic carbocycles. The Morgan fingerprint density at radius 3 is 2.48 bits per heavy atom. The lowest BCUT2D eigenvalue weighted by Crippen LogP contribution is -2.39. The third-order valence-electron chi connectivity index (χ3n) is 4.66. The molecule has 1 aromatic heterocycles. The van der Waals surface area contributed by atoms with Gasteiger partial charge in [0.05, 0.1) is 6.54 Å². The van der Waals surface area contributed by atoms with Crippen LogP contribution in [0.1, 0.15) is 30.8 Å². The van der Waals surface area contributed by atoms with Crippen molar-refractivity contribution in [3.05, 3.63) is 77.9 Å². The summed E-state index contributed by atoms with van der Waals surface area (Å²) in [4.78, 5) is 4.76. The van der Waals surface area contributed by atoms with Gasteiger partial charge in [0.15, 0.2) is 5.96 Å². The number of benzene rings is 2. The number of hydrogen-bond donors (Lipinski definition) is 2. The highest BCUT2D eigenvalue weighted by atomic mass is 127. The summed E-state index contributed by atoms with van der Waals surface area (Å²) in [5, 5.41) is 14.8. The molecule has 0 amide bonds. The van der Waals surface area contributed by atoms with E-state index < -0.39 is 0 Å². The highest BCUT2D eigenvalue weighted by molar-refractivity contribution is 14.0. The third kappa shape index (κ3) is 7.86. The van der Waals surface area contributed by atoms with Crippen LogP contribution in [0.25, 0.3) is 0 Å². The number of aromatic nitrogens is 3. The number of nitrogens with one attached hydrogen (secondary N) is 2. The zero-order chi connectivity index (χ0) is 21.0. The monoisotopic (exact) mass is 534 g/mol. The maximum Gasteiger partial charge on any atom is 0.191 e. The molecule has 0 radical (unpaired) electrons. The summed E-state index contributed by atoms with van der Waals surface area (Å²) >= 11 is 0. The fourth-order valence-electron chi connectivity index (χ4n) is 3.07. The van der Waals surface area contributed by atoms with Crippen LogP contribution in [-0.2, 0) is 26.1 Å². The molecule has 166 valence electrons. The van der Waals surface area contributed by atoms with Crippen LogP contribution in [0.5, 0.6) is 5.75 Å². The molecule has 0 unspecified atom stereocenters. The Hall–Kier alpha value is -2.62. The van der Waals surface area contributed by atoms with Crippen LogP contribution >= 0.6 is 24.0 Å². The summed E-state index contributed by atoms with van der Waals surface area (Å²) < 4.78 is 7.98. The van der Waals surface area contributed by atoms with Crippen molar-refractivity contribution < 1.29 is 4.74 Å². The first-order valence-corrected chi connectivity index (χ1v) is 10.4. The van der Waals surface area contributed by atoms with Crippen molar-refractivity contribution >= 4 is 29.9 Å². The van der Waals surface area contributed by atoms with Crippen molar-refractivity contribution in [2.24, 2.45) is 4.99 Å². The van der Waals surface area contributed by atoms with E-state index in [0.29, 0.717) is 13.2 Å². The second kappa shape index (κ2) is 13.6. The fourth-order valence-corrected chi connectivity index (χ4v) is 3.07. The molecule has 7 nitrogen and oxygen atoms in total. The van der Waals surface area contributed by atoms with Crippen molar-refractivity contribution in [3.63, 3.8) is 0 Å². The molecular weight excluding hydrogens is 503 g/mol. The van der Waals surface area contributed by atoms with Gasteiger partial charge in [-0.3, -0.25) is 0 Å². The van der Waals surface area contributed by atoms with E-state index in [9.17, 15) is 0 Å². The number of para-hydroxylation sites is 1. The maximum atomic E-state index is 5.92. The second-order valence-corrected chi connectivity index (χ2v) is 6.79. The Kier molecular flexibility index (Phi) is 10.8. The van der Waals surface area contributed by atoms with E-state index in [1.807, 2.05) is 42.5 Å². The number of rotatable bonds is 10. The van der Waals surface area contributed by atoms with Gasteiger partial charge in [-0.05, 0) is 30.2 Å². The number of nitrogens with zero attached hydrogens (tertiary/aromatic N) is 4. The summed E-state index contributed by atoms with van der Waals surface area (Å²) in [5.41, 5.74) is 2.29. The molecule has 2 N–H and O–H groups in total. The Labute approximate surface area is 201 Å². The molecule has 3 aromatic rings. The van der Waals surface area contributed by atoms with Gasteiger partial charge in [0.2, 0.25) is 0 Å². The molecular formula is C23H31IN6O. The Morgan fingerprint density at radius 1 is 1.00 bits per heavy atom. The molecule has 0 fully saturated rings. The van der Waals surface area contributed by atoms with Crippen molar-refractivity contribution in [2.75, 3.05) is 13.1 Å². The number of aryl methyl sites for hydroxylation is 1. The predicted molar refractivity (Wildman–Crippen MR) is 135 cm³/mol. The van der Waals surface area contributed by atoms with E-state index in [4.69, 9.17) is 9.73 Å². The van der Waals surface area contributed by atoms with E-state index in [1.165, 1.54) is 0 Å². The second-order valence-electron chi connectivity index (χ2n) is 6.79. The van der Waals surface area contributed by atoms with E-state index >= 15 is 0 Å². The number of guanidine groups is 1. The first-order chi connectivity index (χ1) is 14.8. The van der Waals surface area contributed by atoms with Crippen molar-refractivity contribution in [1.82, 2.24) is 25.4 Å². The topological polar surface area (TPSA) is 76.4 Å². The van der Waals surface area contributed by atoms with Gasteiger partial charge >= 0.3 is 0 Å². The van der Waals surface area contributed by atoms with Crippen molar-refractivity contribution in [3.8, 4) is 5.75 Å². The number of hydrogen-bond acceptors (Lipinski definition) is 4. The van der Waals surface area contributed by atoms with Gasteiger partial charge in [-0.15, -0.1) is 34.2 Å². The molecule has 0 spiro atoms. The molecule has 31 heavy (non-hydrogen) atoms. The third-order valence-corrected chi connectivity index (χ3v) is 4.66. The highest BCUT2D eigenvalue weighted by Gasteiger charge is 2.05. The Balaban J connectivity index is 0.00000341. The van der Waals surface area contributed by atoms with Gasteiger partial charge in [0, 0.05) is 26.1 Å². The number of aliphatic imine (C=N–C) groups is 1. The van der Waals surface area contributed by atoms with Crippen LogP contribution in [0.15, 0.2) is 65.9 Å². The molecule has 3 rings (SSSR count). The smallest absolute Gasteiger partial charge is 0.191 e. The molecule has 0 aliphatic rings. The van der Waals surface area contributed by atoms with Crippen LogP contribution in [0, 0.1) is 0 Å². The summed E-state index contributed by atoms with van der Waals surface area (Å²) in [6.45, 7) is 7.59. The molecule has 1 heterocycles. The maximum absolute atomic E-state index is 5.92. The summed E-state index contributed by atoms with van der Waals surface area (Å²) in [5.74, 6) is 2.65. The number of halogens is 1. The lowest BCUT2D eigenvalue weighted by Gasteiger charge is -2.13. The van der Waals surface area contributed by atoms with Gasteiger partial charge in [0.1, 0.15) is 24.5 Å².